The van der Waals surface area contributed by atoms with Gasteiger partial charge in [-0.25, -0.2) is 0 Å². The fraction of sp³-hybridized carbons (Fsp3) is 0.455. The van der Waals surface area contributed by atoms with E-state index in [1.807, 2.05) is 16.9 Å². The lowest BCUT2D eigenvalue weighted by Gasteiger charge is -2.09. The molecule has 0 bridgehead atoms. The van der Waals surface area contributed by atoms with Crippen molar-refractivity contribution in [3.63, 3.8) is 0 Å². The van der Waals surface area contributed by atoms with Gasteiger partial charge in [-0.05, 0) is 12.5 Å². The molecule has 1 rings (SSSR count). The van der Waals surface area contributed by atoms with E-state index in [9.17, 15) is 0 Å². The number of terminal acetylenes is 1. The summed E-state index contributed by atoms with van der Waals surface area (Å²) in [4.78, 5) is 4.04. The summed E-state index contributed by atoms with van der Waals surface area (Å²) < 4.78 is 1.90. The average molecular weight is 347 g/mol. The highest BCUT2D eigenvalue weighted by molar-refractivity contribution is 14.0. The molecule has 6 heteroatoms. The average Bonchev–Trinajstić information content (AvgIpc) is 2.81. The Hall–Kier alpha value is -1.23. The van der Waals surface area contributed by atoms with E-state index in [0.717, 1.165) is 25.5 Å². The van der Waals surface area contributed by atoms with Crippen molar-refractivity contribution in [1.29, 1.82) is 0 Å². The molecule has 1 aromatic heterocycles. The van der Waals surface area contributed by atoms with Crippen molar-refractivity contribution in [3.05, 3.63) is 18.5 Å². The number of hydrogen-bond acceptors (Lipinski definition) is 2. The normalized spacial score (nSPS) is 10.2. The van der Waals surface area contributed by atoms with E-state index < -0.39 is 0 Å². The van der Waals surface area contributed by atoms with Crippen LogP contribution >= 0.6 is 24.0 Å². The van der Waals surface area contributed by atoms with Crippen molar-refractivity contribution in [2.24, 2.45) is 4.99 Å². The number of guanidine groups is 1. The van der Waals surface area contributed by atoms with Gasteiger partial charge in [0.05, 0.1) is 6.54 Å². The number of nitrogens with one attached hydrogen (secondary N) is 2. The van der Waals surface area contributed by atoms with Gasteiger partial charge in [-0.3, -0.25) is 9.67 Å². The zero-order valence-electron chi connectivity index (χ0n) is 9.89. The van der Waals surface area contributed by atoms with Crippen LogP contribution in [0.3, 0.4) is 0 Å². The first-order valence-electron chi connectivity index (χ1n) is 5.22. The fourth-order valence-electron chi connectivity index (χ4n) is 1.24. The molecule has 0 saturated carbocycles. The van der Waals surface area contributed by atoms with Gasteiger partial charge >= 0.3 is 0 Å². The smallest absolute Gasteiger partial charge is 0.191 e. The van der Waals surface area contributed by atoms with E-state index >= 15 is 0 Å². The number of halogens is 1. The summed E-state index contributed by atoms with van der Waals surface area (Å²) in [6.07, 6.45) is 9.86. The summed E-state index contributed by atoms with van der Waals surface area (Å²) in [5.74, 6) is 3.23. The van der Waals surface area contributed by atoms with Crippen LogP contribution in [-0.4, -0.2) is 35.9 Å². The van der Waals surface area contributed by atoms with Crippen molar-refractivity contribution in [1.82, 2.24) is 20.4 Å². The molecular weight excluding hydrogens is 329 g/mol. The Morgan fingerprint density at radius 2 is 2.35 bits per heavy atom. The van der Waals surface area contributed by atoms with Gasteiger partial charge in [0.2, 0.25) is 0 Å². The molecule has 1 heterocycles. The first kappa shape index (κ1) is 15.8. The van der Waals surface area contributed by atoms with Crippen molar-refractivity contribution < 1.29 is 0 Å². The third-order valence-electron chi connectivity index (χ3n) is 2.00. The lowest BCUT2D eigenvalue weighted by atomic mass is 10.4. The van der Waals surface area contributed by atoms with E-state index in [2.05, 4.69) is 26.6 Å². The molecule has 1 aromatic rings. The second kappa shape index (κ2) is 9.96. The predicted octanol–water partition coefficient (Wildman–Crippen LogP) is 0.689. The molecule has 0 amide bonds. The molecule has 2 N–H and O–H groups in total. The van der Waals surface area contributed by atoms with Crippen molar-refractivity contribution in [2.75, 3.05) is 20.1 Å². The first-order chi connectivity index (χ1) is 7.86. The predicted molar refractivity (Wildman–Crippen MR) is 80.5 cm³/mol. The van der Waals surface area contributed by atoms with Gasteiger partial charge in [-0.1, -0.05) is 5.92 Å². The van der Waals surface area contributed by atoms with Gasteiger partial charge in [-0.2, -0.15) is 5.10 Å². The molecule has 0 aliphatic heterocycles. The van der Waals surface area contributed by atoms with Gasteiger partial charge in [-0.15, -0.1) is 30.4 Å². The van der Waals surface area contributed by atoms with Crippen LogP contribution in [0.15, 0.2) is 23.5 Å². The van der Waals surface area contributed by atoms with Gasteiger partial charge in [0, 0.05) is 32.5 Å². The van der Waals surface area contributed by atoms with Gasteiger partial charge < -0.3 is 10.6 Å². The monoisotopic (exact) mass is 347 g/mol. The first-order valence-corrected chi connectivity index (χ1v) is 5.22. The lowest BCUT2D eigenvalue weighted by Crippen LogP contribution is -2.38. The van der Waals surface area contributed by atoms with Gasteiger partial charge in [0.15, 0.2) is 5.96 Å². The summed E-state index contributed by atoms with van der Waals surface area (Å²) in [6, 6.07) is 1.92. The maximum absolute atomic E-state index is 5.14. The van der Waals surface area contributed by atoms with Crippen LogP contribution in [0, 0.1) is 12.3 Å². The highest BCUT2D eigenvalue weighted by Gasteiger charge is 1.95. The summed E-state index contributed by atoms with van der Waals surface area (Å²) in [6.45, 7) is 2.22. The molecule has 0 fully saturated rings. The molecule has 94 valence electrons. The third-order valence-corrected chi connectivity index (χ3v) is 2.00. The Balaban J connectivity index is 0.00000256. The number of aliphatic imine (C=N–C) groups is 1. The van der Waals surface area contributed by atoms with Crippen LogP contribution in [0.4, 0.5) is 0 Å². The number of rotatable bonds is 5. The van der Waals surface area contributed by atoms with E-state index in [1.54, 1.807) is 13.2 Å². The van der Waals surface area contributed by atoms with Crippen molar-refractivity contribution in [2.45, 2.75) is 13.0 Å². The minimum atomic E-state index is 0. The van der Waals surface area contributed by atoms with Crippen molar-refractivity contribution >= 4 is 29.9 Å². The molecule has 0 aliphatic carbocycles. The molecule has 0 saturated heterocycles. The molecule has 0 spiro atoms. The van der Waals surface area contributed by atoms with E-state index in [1.165, 1.54) is 0 Å². The van der Waals surface area contributed by atoms with Gasteiger partial charge in [0.25, 0.3) is 0 Å². The van der Waals surface area contributed by atoms with Crippen LogP contribution in [0.1, 0.15) is 6.42 Å². The topological polar surface area (TPSA) is 54.2 Å². The SMILES string of the molecule is C#CCNC(=NC)NCCCn1cccn1.I. The molecule has 5 nitrogen and oxygen atoms in total. The second-order valence-corrected chi connectivity index (χ2v) is 3.18. The summed E-state index contributed by atoms with van der Waals surface area (Å²) in [5, 5.41) is 10.3. The highest BCUT2D eigenvalue weighted by atomic mass is 127. The number of nitrogens with zero attached hydrogens (tertiary/aromatic N) is 3. The molecule has 0 aliphatic rings. The quantitative estimate of drug-likeness (QED) is 0.271. The Morgan fingerprint density at radius 3 is 2.94 bits per heavy atom. The zero-order chi connectivity index (χ0) is 11.6. The van der Waals surface area contributed by atoms with Gasteiger partial charge in [0.1, 0.15) is 0 Å². The molecule has 0 radical (unpaired) electrons. The summed E-state index contributed by atoms with van der Waals surface area (Å²) in [5.41, 5.74) is 0. The third kappa shape index (κ3) is 6.84. The zero-order valence-corrected chi connectivity index (χ0v) is 12.2. The maximum atomic E-state index is 5.14. The Bertz CT molecular complexity index is 352. The van der Waals surface area contributed by atoms with Crippen molar-refractivity contribution in [3.8, 4) is 12.3 Å². The van der Waals surface area contributed by atoms with Crippen LogP contribution in [0.5, 0.6) is 0 Å². The largest absolute Gasteiger partial charge is 0.356 e. The maximum Gasteiger partial charge on any atom is 0.191 e. The summed E-state index contributed by atoms with van der Waals surface area (Å²) in [7, 11) is 1.72. The van der Waals surface area contributed by atoms with Crippen LogP contribution < -0.4 is 10.6 Å². The van der Waals surface area contributed by atoms with Crippen LogP contribution in [0.2, 0.25) is 0 Å². The Morgan fingerprint density at radius 1 is 1.53 bits per heavy atom. The van der Waals surface area contributed by atoms with E-state index in [4.69, 9.17) is 6.42 Å². The molecular formula is C11H18IN5. The fourth-order valence-corrected chi connectivity index (χ4v) is 1.24. The second-order valence-electron chi connectivity index (χ2n) is 3.18. The van der Waals surface area contributed by atoms with E-state index in [0.29, 0.717) is 6.54 Å². The molecule has 0 atom stereocenters. The minimum Gasteiger partial charge on any atom is -0.356 e. The minimum absolute atomic E-state index is 0. The number of hydrogen-bond donors (Lipinski definition) is 2. The van der Waals surface area contributed by atoms with Crippen LogP contribution in [-0.2, 0) is 6.54 Å². The van der Waals surface area contributed by atoms with E-state index in [-0.39, 0.29) is 24.0 Å². The molecule has 17 heavy (non-hydrogen) atoms. The molecule has 0 aromatic carbocycles. The number of aryl methyl sites for hydroxylation is 1. The number of aromatic nitrogens is 2. The van der Waals surface area contributed by atoms with Crippen LogP contribution in [0.25, 0.3) is 0 Å². The highest BCUT2D eigenvalue weighted by Crippen LogP contribution is 1.87. The lowest BCUT2D eigenvalue weighted by molar-refractivity contribution is 0.571. The Kier molecular flexibility index (Phi) is 9.24. The Labute approximate surface area is 119 Å². The standard InChI is InChI=1S/C11H17N5.HI/c1-3-6-13-11(12-2)14-7-4-9-16-10-5-8-15-16;/h1,5,8,10H,4,6-7,9H2,2H3,(H2,12,13,14);1H. The molecule has 0 unspecified atom stereocenters. The summed E-state index contributed by atoms with van der Waals surface area (Å²) >= 11 is 0.